The quantitative estimate of drug-likeness (QED) is 0.276. The molecule has 0 unspecified atom stereocenters. The zero-order chi connectivity index (χ0) is 24.2. The number of rotatable bonds is 8. The first-order valence-corrected chi connectivity index (χ1v) is 12.8. The fourth-order valence-corrected chi connectivity index (χ4v) is 5.12. The monoisotopic (exact) mass is 488 g/mol. The lowest BCUT2D eigenvalue weighted by molar-refractivity contribution is 0.241. The largest absolute Gasteiger partial charge is 0.493 e. The van der Waals surface area contributed by atoms with Gasteiger partial charge in [-0.05, 0) is 31.5 Å². The number of aromatic amines is 1. The number of benzene rings is 2. The summed E-state index contributed by atoms with van der Waals surface area (Å²) in [5.41, 5.74) is 4.50. The van der Waals surface area contributed by atoms with E-state index in [2.05, 4.69) is 22.0 Å². The molecule has 0 fully saturated rings. The van der Waals surface area contributed by atoms with Gasteiger partial charge in [0.25, 0.3) is 5.56 Å². The molecule has 0 amide bonds. The van der Waals surface area contributed by atoms with Gasteiger partial charge in [0.05, 0.1) is 29.1 Å². The molecule has 180 valence electrons. The fourth-order valence-electron chi connectivity index (χ4n) is 4.24. The van der Waals surface area contributed by atoms with Gasteiger partial charge in [-0.3, -0.25) is 9.69 Å². The lowest BCUT2D eigenvalue weighted by atomic mass is 10.1. The lowest BCUT2D eigenvalue weighted by Crippen LogP contribution is -2.35. The highest BCUT2D eigenvalue weighted by molar-refractivity contribution is 7.98. The zero-order valence-electron chi connectivity index (χ0n) is 19.9. The smallest absolute Gasteiger partial charge is 0.256 e. The van der Waals surface area contributed by atoms with Crippen LogP contribution < -0.4 is 10.3 Å². The Kier molecular flexibility index (Phi) is 7.01. The van der Waals surface area contributed by atoms with Gasteiger partial charge >= 0.3 is 0 Å². The number of H-pyrrole nitrogens is 1. The molecule has 7 nitrogen and oxygen atoms in total. The molecule has 0 bridgehead atoms. The Balaban J connectivity index is 1.28. The molecule has 1 aliphatic rings. The van der Waals surface area contributed by atoms with Crippen LogP contribution in [0.1, 0.15) is 35.2 Å². The first-order valence-electron chi connectivity index (χ1n) is 11.8. The third kappa shape index (κ3) is 5.33. The van der Waals surface area contributed by atoms with E-state index in [1.807, 2.05) is 56.3 Å². The molecule has 0 saturated carbocycles. The number of aromatic nitrogens is 3. The number of hydrogen-bond acceptors (Lipinski definition) is 7. The van der Waals surface area contributed by atoms with Gasteiger partial charge in [0.2, 0.25) is 5.89 Å². The predicted octanol–water partition coefficient (Wildman–Crippen LogP) is 4.98. The number of thioether (sulfide) groups is 1. The van der Waals surface area contributed by atoms with Crippen molar-refractivity contribution < 1.29 is 9.15 Å². The molecule has 0 saturated heterocycles. The second-order valence-electron chi connectivity index (χ2n) is 8.48. The van der Waals surface area contributed by atoms with E-state index in [0.717, 1.165) is 53.5 Å². The Labute approximate surface area is 208 Å². The van der Waals surface area contributed by atoms with Crippen molar-refractivity contribution in [2.24, 2.45) is 0 Å². The van der Waals surface area contributed by atoms with Crippen LogP contribution in [0.3, 0.4) is 0 Å². The second kappa shape index (κ2) is 10.5. The predicted molar refractivity (Wildman–Crippen MR) is 137 cm³/mol. The molecule has 1 aliphatic heterocycles. The highest BCUT2D eigenvalue weighted by Gasteiger charge is 2.22. The van der Waals surface area contributed by atoms with E-state index < -0.39 is 0 Å². The van der Waals surface area contributed by atoms with Crippen LogP contribution in [0.4, 0.5) is 0 Å². The summed E-state index contributed by atoms with van der Waals surface area (Å²) in [4.78, 5) is 27.6. The van der Waals surface area contributed by atoms with Crippen molar-refractivity contribution in [1.82, 2.24) is 19.9 Å². The molecule has 5 rings (SSSR count). The van der Waals surface area contributed by atoms with Crippen LogP contribution in [0.25, 0.3) is 11.5 Å². The van der Waals surface area contributed by atoms with Gasteiger partial charge < -0.3 is 14.1 Å². The molecule has 35 heavy (non-hydrogen) atoms. The molecule has 0 spiro atoms. The molecule has 3 heterocycles. The van der Waals surface area contributed by atoms with E-state index >= 15 is 0 Å². The number of para-hydroxylation sites is 1. The molecule has 4 aromatic rings. The SMILES string of the molecule is CCOc1ccccc1-c1nc(CSc2nc3c(c(=O)[nH]2)CN(Cc2ccccc2)CC3)c(C)o1. The Hall–Kier alpha value is -3.36. The molecule has 0 atom stereocenters. The Bertz CT molecular complexity index is 1370. The summed E-state index contributed by atoms with van der Waals surface area (Å²) < 4.78 is 11.7. The van der Waals surface area contributed by atoms with Crippen molar-refractivity contribution in [3.8, 4) is 17.2 Å². The van der Waals surface area contributed by atoms with Crippen LogP contribution in [-0.4, -0.2) is 33.0 Å². The number of nitrogens with one attached hydrogen (secondary N) is 1. The highest BCUT2D eigenvalue weighted by atomic mass is 32.2. The maximum absolute atomic E-state index is 12.9. The van der Waals surface area contributed by atoms with Crippen LogP contribution in [-0.2, 0) is 25.3 Å². The number of aryl methyl sites for hydroxylation is 1. The number of oxazole rings is 1. The minimum Gasteiger partial charge on any atom is -0.493 e. The first-order chi connectivity index (χ1) is 17.1. The van der Waals surface area contributed by atoms with Gasteiger partial charge in [0, 0.05) is 31.8 Å². The summed E-state index contributed by atoms with van der Waals surface area (Å²) in [6.45, 7) is 6.75. The van der Waals surface area contributed by atoms with Gasteiger partial charge in [-0.15, -0.1) is 0 Å². The van der Waals surface area contributed by atoms with E-state index in [1.165, 1.54) is 17.3 Å². The minimum atomic E-state index is -0.0570. The number of nitrogens with zero attached hydrogens (tertiary/aromatic N) is 3. The van der Waals surface area contributed by atoms with Gasteiger partial charge in [-0.1, -0.05) is 54.2 Å². The lowest BCUT2D eigenvalue weighted by Gasteiger charge is -2.27. The summed E-state index contributed by atoms with van der Waals surface area (Å²) in [5.74, 6) is 2.58. The van der Waals surface area contributed by atoms with E-state index in [1.54, 1.807) is 0 Å². The molecule has 8 heteroatoms. The Morgan fingerprint density at radius 3 is 2.74 bits per heavy atom. The van der Waals surface area contributed by atoms with Crippen LogP contribution in [0.2, 0.25) is 0 Å². The highest BCUT2D eigenvalue weighted by Crippen LogP contribution is 2.32. The zero-order valence-corrected chi connectivity index (χ0v) is 20.7. The second-order valence-corrected chi connectivity index (χ2v) is 9.45. The van der Waals surface area contributed by atoms with Crippen molar-refractivity contribution in [2.45, 2.75) is 44.3 Å². The van der Waals surface area contributed by atoms with E-state index in [-0.39, 0.29) is 5.56 Å². The molecule has 0 aliphatic carbocycles. The summed E-state index contributed by atoms with van der Waals surface area (Å²) in [7, 11) is 0. The van der Waals surface area contributed by atoms with E-state index in [0.29, 0.717) is 30.0 Å². The van der Waals surface area contributed by atoms with E-state index in [9.17, 15) is 4.79 Å². The topological polar surface area (TPSA) is 84.2 Å². The molecular formula is C27H28N4O3S. The number of fused-ring (bicyclic) bond motifs is 1. The van der Waals surface area contributed by atoms with Crippen molar-refractivity contribution >= 4 is 11.8 Å². The molecule has 2 aromatic carbocycles. The van der Waals surface area contributed by atoms with Crippen molar-refractivity contribution in [3.63, 3.8) is 0 Å². The van der Waals surface area contributed by atoms with Crippen LogP contribution in [0.15, 0.2) is 69.0 Å². The maximum Gasteiger partial charge on any atom is 0.256 e. The van der Waals surface area contributed by atoms with Gasteiger partial charge in [-0.25, -0.2) is 9.97 Å². The van der Waals surface area contributed by atoms with Gasteiger partial charge in [-0.2, -0.15) is 0 Å². The molecular weight excluding hydrogens is 460 g/mol. The Morgan fingerprint density at radius 1 is 1.11 bits per heavy atom. The van der Waals surface area contributed by atoms with Gasteiger partial charge in [0.15, 0.2) is 5.16 Å². The minimum absolute atomic E-state index is 0.0570. The van der Waals surface area contributed by atoms with Crippen LogP contribution >= 0.6 is 11.8 Å². The first kappa shape index (κ1) is 23.4. The molecule has 0 radical (unpaired) electrons. The number of ether oxygens (including phenoxy) is 1. The average Bonchev–Trinajstić information content (AvgIpc) is 3.24. The average molecular weight is 489 g/mol. The number of hydrogen-bond donors (Lipinski definition) is 1. The molecule has 2 aromatic heterocycles. The van der Waals surface area contributed by atoms with E-state index in [4.69, 9.17) is 19.1 Å². The summed E-state index contributed by atoms with van der Waals surface area (Å²) in [5, 5.41) is 0.615. The standard InChI is InChI=1S/C27H28N4O3S/c1-3-33-24-12-8-7-11-20(24)26-28-23(18(2)34-26)17-35-27-29-22-13-14-31(16-21(22)25(32)30-27)15-19-9-5-4-6-10-19/h4-12H,3,13-17H2,1-2H3,(H,29,30,32). The molecule has 1 N–H and O–H groups in total. The normalized spacial score (nSPS) is 13.5. The van der Waals surface area contributed by atoms with Crippen molar-refractivity contribution in [3.05, 3.63) is 93.2 Å². The van der Waals surface area contributed by atoms with Crippen LogP contribution in [0, 0.1) is 6.92 Å². The fraction of sp³-hybridized carbons (Fsp3) is 0.296. The third-order valence-corrected chi connectivity index (χ3v) is 6.92. The third-order valence-electron chi connectivity index (χ3n) is 6.03. The summed E-state index contributed by atoms with van der Waals surface area (Å²) >= 11 is 1.47. The van der Waals surface area contributed by atoms with Crippen molar-refractivity contribution in [1.29, 1.82) is 0 Å². The summed E-state index contributed by atoms with van der Waals surface area (Å²) in [6, 6.07) is 18.1. The maximum atomic E-state index is 12.9. The van der Waals surface area contributed by atoms with Gasteiger partial charge in [0.1, 0.15) is 11.5 Å². The summed E-state index contributed by atoms with van der Waals surface area (Å²) in [6.07, 6.45) is 0.765. The van der Waals surface area contributed by atoms with Crippen LogP contribution in [0.5, 0.6) is 5.75 Å². The Morgan fingerprint density at radius 2 is 1.91 bits per heavy atom. The van der Waals surface area contributed by atoms with Crippen molar-refractivity contribution in [2.75, 3.05) is 13.2 Å².